The van der Waals surface area contributed by atoms with Crippen molar-refractivity contribution in [1.82, 2.24) is 0 Å². The first kappa shape index (κ1) is 12.0. The maximum Gasteiger partial charge on any atom is 0.416 e. The number of alkyl halides is 3. The fraction of sp³-hybridized carbons (Fsp3) is 0.417. The van der Waals surface area contributed by atoms with Crippen LogP contribution in [-0.4, -0.2) is 5.78 Å². The zero-order valence-corrected chi connectivity index (χ0v) is 9.05. The van der Waals surface area contributed by atoms with Gasteiger partial charge in [-0.15, -0.1) is 0 Å². The molecular formula is C12H12F3NO. The molecule has 1 aromatic carbocycles. The molecule has 1 aromatic rings. The summed E-state index contributed by atoms with van der Waals surface area (Å²) in [7, 11) is 0. The third kappa shape index (κ3) is 2.28. The fourth-order valence-electron chi connectivity index (χ4n) is 1.84. The van der Waals surface area contributed by atoms with Crippen LogP contribution in [0.2, 0.25) is 0 Å². The number of nitrogens with two attached hydrogens (primary N) is 1. The van der Waals surface area contributed by atoms with Gasteiger partial charge in [0.25, 0.3) is 0 Å². The van der Waals surface area contributed by atoms with Crippen molar-refractivity contribution in [1.29, 1.82) is 0 Å². The zero-order valence-electron chi connectivity index (χ0n) is 9.05. The maximum atomic E-state index is 12.5. The lowest BCUT2D eigenvalue weighted by molar-refractivity contribution is -0.137. The first-order valence-corrected chi connectivity index (χ1v) is 5.40. The van der Waals surface area contributed by atoms with Crippen LogP contribution in [-0.2, 0) is 6.18 Å². The molecule has 0 saturated heterocycles. The second-order valence-corrected chi connectivity index (χ2v) is 4.29. The number of Topliss-reactive ketones (excluding diaryl/α,β-unsaturated/α-hetero) is 1. The second-order valence-electron chi connectivity index (χ2n) is 4.29. The highest BCUT2D eigenvalue weighted by atomic mass is 19.4. The van der Waals surface area contributed by atoms with E-state index in [1.165, 1.54) is 0 Å². The number of carbonyl (C=O) groups is 1. The van der Waals surface area contributed by atoms with Crippen LogP contribution in [0.15, 0.2) is 18.2 Å². The molecule has 1 fully saturated rings. The van der Waals surface area contributed by atoms with Crippen molar-refractivity contribution >= 4 is 11.5 Å². The molecule has 0 aromatic heterocycles. The Kier molecular flexibility index (Phi) is 2.85. The van der Waals surface area contributed by atoms with Gasteiger partial charge < -0.3 is 5.73 Å². The topological polar surface area (TPSA) is 43.1 Å². The molecule has 1 aliphatic carbocycles. The van der Waals surface area contributed by atoms with Crippen LogP contribution in [0.5, 0.6) is 0 Å². The smallest absolute Gasteiger partial charge is 0.398 e. The van der Waals surface area contributed by atoms with Gasteiger partial charge in [0.15, 0.2) is 5.78 Å². The van der Waals surface area contributed by atoms with Crippen LogP contribution < -0.4 is 5.73 Å². The average molecular weight is 243 g/mol. The van der Waals surface area contributed by atoms with Crippen molar-refractivity contribution in [3.05, 3.63) is 29.3 Å². The van der Waals surface area contributed by atoms with Gasteiger partial charge in [0.1, 0.15) is 0 Å². The summed E-state index contributed by atoms with van der Waals surface area (Å²) in [5.74, 6) is -0.416. The van der Waals surface area contributed by atoms with Crippen LogP contribution >= 0.6 is 0 Å². The maximum absolute atomic E-state index is 12.5. The van der Waals surface area contributed by atoms with E-state index < -0.39 is 11.7 Å². The SMILES string of the molecule is Nc1ccc(C(F)(F)F)cc1C(=O)C1CCC1. The molecule has 5 heteroatoms. The third-order valence-corrected chi connectivity index (χ3v) is 3.12. The highest BCUT2D eigenvalue weighted by Crippen LogP contribution is 2.35. The minimum atomic E-state index is -4.44. The Morgan fingerprint density at radius 3 is 2.41 bits per heavy atom. The lowest BCUT2D eigenvalue weighted by Gasteiger charge is -2.24. The van der Waals surface area contributed by atoms with E-state index in [4.69, 9.17) is 5.73 Å². The van der Waals surface area contributed by atoms with Gasteiger partial charge >= 0.3 is 6.18 Å². The third-order valence-electron chi connectivity index (χ3n) is 3.12. The Bertz CT molecular complexity index is 450. The van der Waals surface area contributed by atoms with E-state index in [0.29, 0.717) is 0 Å². The number of anilines is 1. The summed E-state index contributed by atoms with van der Waals surface area (Å²) in [6, 6.07) is 2.90. The molecule has 1 aliphatic rings. The van der Waals surface area contributed by atoms with Gasteiger partial charge in [0, 0.05) is 17.2 Å². The molecule has 0 spiro atoms. The molecule has 2 rings (SSSR count). The van der Waals surface area contributed by atoms with Crippen molar-refractivity contribution in [2.45, 2.75) is 25.4 Å². The number of halogens is 3. The van der Waals surface area contributed by atoms with Crippen LogP contribution in [0.4, 0.5) is 18.9 Å². The Balaban J connectivity index is 2.35. The minimum Gasteiger partial charge on any atom is -0.398 e. The van der Waals surface area contributed by atoms with E-state index in [1.807, 2.05) is 0 Å². The Morgan fingerprint density at radius 2 is 1.94 bits per heavy atom. The molecule has 0 radical (unpaired) electrons. The molecule has 0 bridgehead atoms. The van der Waals surface area contributed by atoms with E-state index in [-0.39, 0.29) is 23.0 Å². The standard InChI is InChI=1S/C12H12F3NO/c13-12(14,15)8-4-5-10(16)9(6-8)11(17)7-2-1-3-7/h4-7H,1-3,16H2. The van der Waals surface area contributed by atoms with Gasteiger partial charge in [-0.05, 0) is 31.0 Å². The van der Waals surface area contributed by atoms with E-state index in [9.17, 15) is 18.0 Å². The van der Waals surface area contributed by atoms with E-state index in [0.717, 1.165) is 37.5 Å². The summed E-state index contributed by atoms with van der Waals surface area (Å²) >= 11 is 0. The van der Waals surface area contributed by atoms with Crippen molar-refractivity contribution in [3.8, 4) is 0 Å². The van der Waals surface area contributed by atoms with Gasteiger partial charge in [0.05, 0.1) is 5.56 Å². The first-order valence-electron chi connectivity index (χ1n) is 5.40. The molecule has 0 atom stereocenters. The summed E-state index contributed by atoms with van der Waals surface area (Å²) < 4.78 is 37.5. The van der Waals surface area contributed by atoms with Crippen LogP contribution in [0.25, 0.3) is 0 Å². The number of hydrogen-bond acceptors (Lipinski definition) is 2. The predicted octanol–water partition coefficient (Wildman–Crippen LogP) is 3.27. The number of nitrogen functional groups attached to an aromatic ring is 1. The van der Waals surface area contributed by atoms with Gasteiger partial charge in [-0.2, -0.15) is 13.2 Å². The normalized spacial score (nSPS) is 16.6. The second kappa shape index (κ2) is 4.05. The van der Waals surface area contributed by atoms with E-state index in [2.05, 4.69) is 0 Å². The molecule has 0 unspecified atom stereocenters. The molecule has 0 amide bonds. The largest absolute Gasteiger partial charge is 0.416 e. The van der Waals surface area contributed by atoms with Gasteiger partial charge in [-0.1, -0.05) is 6.42 Å². The molecule has 2 nitrogen and oxygen atoms in total. The summed E-state index contributed by atoms with van der Waals surface area (Å²) in [5, 5.41) is 0. The number of benzene rings is 1. The Hall–Kier alpha value is -1.52. The molecule has 92 valence electrons. The van der Waals surface area contributed by atoms with Gasteiger partial charge in [0.2, 0.25) is 0 Å². The summed E-state index contributed by atoms with van der Waals surface area (Å²) in [6.07, 6.45) is -2.00. The molecule has 0 heterocycles. The van der Waals surface area contributed by atoms with Crippen molar-refractivity contribution < 1.29 is 18.0 Å². The highest BCUT2D eigenvalue weighted by molar-refractivity contribution is 6.02. The number of carbonyl (C=O) groups excluding carboxylic acids is 1. The van der Waals surface area contributed by atoms with Gasteiger partial charge in [-0.3, -0.25) is 4.79 Å². The molecular weight excluding hydrogens is 231 g/mol. The lowest BCUT2D eigenvalue weighted by Crippen LogP contribution is -2.23. The number of ketones is 1. The summed E-state index contributed by atoms with van der Waals surface area (Å²) in [5.41, 5.74) is 4.86. The fourth-order valence-corrected chi connectivity index (χ4v) is 1.84. The molecule has 1 saturated carbocycles. The number of hydrogen-bond donors (Lipinski definition) is 1. The molecule has 17 heavy (non-hydrogen) atoms. The predicted molar refractivity (Wildman–Crippen MR) is 57.5 cm³/mol. The van der Waals surface area contributed by atoms with Crippen LogP contribution in [0.1, 0.15) is 35.2 Å². The number of rotatable bonds is 2. The first-order chi connectivity index (χ1) is 7.89. The van der Waals surface area contributed by atoms with Crippen molar-refractivity contribution in [2.75, 3.05) is 5.73 Å². The summed E-state index contributed by atoms with van der Waals surface area (Å²) in [6.45, 7) is 0. The Morgan fingerprint density at radius 1 is 1.29 bits per heavy atom. The summed E-state index contributed by atoms with van der Waals surface area (Å²) in [4.78, 5) is 11.9. The van der Waals surface area contributed by atoms with E-state index >= 15 is 0 Å². The van der Waals surface area contributed by atoms with Crippen molar-refractivity contribution in [2.24, 2.45) is 5.92 Å². The average Bonchev–Trinajstić information content (AvgIpc) is 2.13. The van der Waals surface area contributed by atoms with Crippen LogP contribution in [0.3, 0.4) is 0 Å². The minimum absolute atomic E-state index is 0.00419. The van der Waals surface area contributed by atoms with Crippen molar-refractivity contribution in [3.63, 3.8) is 0 Å². The van der Waals surface area contributed by atoms with E-state index in [1.54, 1.807) is 0 Å². The van der Waals surface area contributed by atoms with Gasteiger partial charge in [-0.25, -0.2) is 0 Å². The lowest BCUT2D eigenvalue weighted by atomic mass is 9.79. The van der Waals surface area contributed by atoms with Crippen LogP contribution in [0, 0.1) is 5.92 Å². The highest BCUT2D eigenvalue weighted by Gasteiger charge is 2.33. The zero-order chi connectivity index (χ0) is 12.6. The quantitative estimate of drug-likeness (QED) is 0.640. The Labute approximate surface area is 96.6 Å². The molecule has 0 aliphatic heterocycles. The monoisotopic (exact) mass is 243 g/mol. The molecule has 2 N–H and O–H groups in total.